The van der Waals surface area contributed by atoms with Crippen LogP contribution in [-0.2, 0) is 14.2 Å². The molecule has 5 N–H and O–H groups in total. The largest absolute Gasteiger partial charge is 0.366 e. The lowest BCUT2D eigenvalue weighted by Crippen LogP contribution is -2.33. The van der Waals surface area contributed by atoms with Crippen LogP contribution in [0.1, 0.15) is 101 Å². The van der Waals surface area contributed by atoms with Gasteiger partial charge in [0, 0.05) is 0 Å². The predicted octanol–water partition coefficient (Wildman–Crippen LogP) is 4.17. The zero-order chi connectivity index (χ0) is 24.1. The van der Waals surface area contributed by atoms with Gasteiger partial charge in [-0.15, -0.1) is 0 Å². The predicted molar refractivity (Wildman–Crippen MR) is 122 cm³/mol. The molecule has 0 amide bonds. The maximum atomic E-state index is 9.75. The zero-order valence-corrected chi connectivity index (χ0v) is 21.2. The highest BCUT2D eigenvalue weighted by Gasteiger charge is 2.22. The topological polar surface area (TPSA) is 114 Å². The molecule has 29 heavy (non-hydrogen) atoms. The highest BCUT2D eigenvalue weighted by atomic mass is 16.6. The first-order valence-corrected chi connectivity index (χ1v) is 10.9. The summed E-state index contributed by atoms with van der Waals surface area (Å²) in [5.74, 6) is -3.55. The number of hydrogen-bond acceptors (Lipinski definition) is 7. The number of rotatable bonds is 12. The first-order chi connectivity index (χ1) is 13.2. The summed E-state index contributed by atoms with van der Waals surface area (Å²) in [5, 5.41) is 28.7. The Balaban J connectivity index is -0.000000337. The lowest BCUT2D eigenvalue weighted by molar-refractivity contribution is -0.222. The van der Waals surface area contributed by atoms with E-state index in [2.05, 4.69) is 19.6 Å². The van der Waals surface area contributed by atoms with Gasteiger partial charge >= 0.3 is 0 Å². The van der Waals surface area contributed by atoms with E-state index in [1.807, 2.05) is 13.8 Å². The normalized spacial score (nSPS) is 12.5. The van der Waals surface area contributed by atoms with Crippen LogP contribution in [-0.4, -0.2) is 59.0 Å². The van der Waals surface area contributed by atoms with Crippen LogP contribution in [0.2, 0.25) is 0 Å². The van der Waals surface area contributed by atoms with E-state index in [0.29, 0.717) is 32.5 Å². The van der Waals surface area contributed by atoms with E-state index in [9.17, 15) is 15.3 Å². The summed E-state index contributed by atoms with van der Waals surface area (Å²) in [6.45, 7) is 18.5. The molecule has 7 heteroatoms. The van der Waals surface area contributed by atoms with Gasteiger partial charge in [-0.1, -0.05) is 40.5 Å². The zero-order valence-electron chi connectivity index (χ0n) is 21.2. The molecule has 0 saturated heterocycles. The van der Waals surface area contributed by atoms with E-state index in [0.717, 1.165) is 0 Å². The van der Waals surface area contributed by atoms with Crippen molar-refractivity contribution in [3.8, 4) is 0 Å². The Morgan fingerprint density at radius 2 is 1.07 bits per heavy atom. The van der Waals surface area contributed by atoms with Gasteiger partial charge in [0.05, 0.1) is 19.3 Å². The number of aliphatic hydroxyl groups is 3. The standard InChI is InChI=1S/C15H32O6.C4H10.C2H6.CH5N/c1-13(2,16)19-10-7-8-12(21-15(5,6)18)9-11-20-14(3,4)17;1-3-4-2;2*1-2/h12,16-18H,7-11H2,1-6H3;3-4H2,1-2H3;1-2H3;2H2,1H3. The monoisotopic (exact) mass is 427 g/mol. The highest BCUT2D eigenvalue weighted by Crippen LogP contribution is 2.17. The second kappa shape index (κ2) is 21.0. The minimum atomic E-state index is -1.23. The molecule has 0 aliphatic carbocycles. The molecule has 1 unspecified atom stereocenters. The molecule has 1 atom stereocenters. The fourth-order valence-electron chi connectivity index (χ4n) is 1.74. The van der Waals surface area contributed by atoms with Crippen molar-refractivity contribution in [2.45, 2.75) is 125 Å². The van der Waals surface area contributed by atoms with Crippen molar-refractivity contribution in [2.75, 3.05) is 20.3 Å². The molecule has 0 aromatic rings. The summed E-state index contributed by atoms with van der Waals surface area (Å²) in [4.78, 5) is 0. The molecular formula is C22H53NO6. The minimum absolute atomic E-state index is 0.210. The molecule has 182 valence electrons. The molecule has 0 aliphatic heterocycles. The Hall–Kier alpha value is -0.280. The molecule has 7 nitrogen and oxygen atoms in total. The average molecular weight is 428 g/mol. The molecule has 0 saturated carbocycles. The first-order valence-electron chi connectivity index (χ1n) is 10.9. The van der Waals surface area contributed by atoms with Gasteiger partial charge in [0.15, 0.2) is 17.4 Å². The molecule has 0 radical (unpaired) electrons. The smallest absolute Gasteiger partial charge is 0.160 e. The lowest BCUT2D eigenvalue weighted by atomic mass is 10.1. The van der Waals surface area contributed by atoms with Gasteiger partial charge < -0.3 is 35.3 Å². The number of ether oxygens (including phenoxy) is 3. The third kappa shape index (κ3) is 42.7. The Morgan fingerprint density at radius 3 is 1.38 bits per heavy atom. The molecule has 0 heterocycles. The van der Waals surface area contributed by atoms with Crippen molar-refractivity contribution in [3.63, 3.8) is 0 Å². The van der Waals surface area contributed by atoms with E-state index in [-0.39, 0.29) is 6.10 Å². The third-order valence-corrected chi connectivity index (χ3v) is 2.98. The van der Waals surface area contributed by atoms with E-state index < -0.39 is 17.4 Å². The van der Waals surface area contributed by atoms with Crippen LogP contribution in [0.5, 0.6) is 0 Å². The van der Waals surface area contributed by atoms with Crippen LogP contribution in [0.3, 0.4) is 0 Å². The van der Waals surface area contributed by atoms with Gasteiger partial charge in [0.25, 0.3) is 0 Å². The molecule has 0 spiro atoms. The van der Waals surface area contributed by atoms with Crippen molar-refractivity contribution >= 4 is 0 Å². The van der Waals surface area contributed by atoms with Crippen molar-refractivity contribution in [2.24, 2.45) is 5.73 Å². The van der Waals surface area contributed by atoms with Crippen LogP contribution in [0.25, 0.3) is 0 Å². The van der Waals surface area contributed by atoms with Crippen LogP contribution in [0.4, 0.5) is 0 Å². The summed E-state index contributed by atoms with van der Waals surface area (Å²) in [6.07, 6.45) is 4.33. The quantitative estimate of drug-likeness (QED) is 0.273. The second-order valence-electron chi connectivity index (χ2n) is 7.71. The minimum Gasteiger partial charge on any atom is -0.366 e. The van der Waals surface area contributed by atoms with Gasteiger partial charge in [-0.25, -0.2) is 0 Å². The second-order valence-corrected chi connectivity index (χ2v) is 7.71. The number of unbranched alkanes of at least 4 members (excludes halogenated alkanes) is 1. The molecule has 0 fully saturated rings. The van der Waals surface area contributed by atoms with Crippen LogP contribution < -0.4 is 5.73 Å². The summed E-state index contributed by atoms with van der Waals surface area (Å²) in [7, 11) is 1.50. The summed E-state index contributed by atoms with van der Waals surface area (Å²) >= 11 is 0. The Bertz CT molecular complexity index is 304. The molecule has 0 aromatic heterocycles. The molecule has 0 aromatic carbocycles. The van der Waals surface area contributed by atoms with Crippen molar-refractivity contribution in [1.29, 1.82) is 0 Å². The Labute approximate surface area is 180 Å². The fraction of sp³-hybridized carbons (Fsp3) is 1.00. The van der Waals surface area contributed by atoms with Crippen molar-refractivity contribution in [1.82, 2.24) is 0 Å². The molecule has 0 aliphatic rings. The SMILES string of the molecule is CC.CC(C)(O)OCCCC(CCOC(C)(C)O)OC(C)(C)O.CCCC.CN. The molecular weight excluding hydrogens is 374 g/mol. The van der Waals surface area contributed by atoms with E-state index >= 15 is 0 Å². The lowest BCUT2D eigenvalue weighted by Gasteiger charge is -2.28. The van der Waals surface area contributed by atoms with Crippen LogP contribution in [0, 0.1) is 0 Å². The Morgan fingerprint density at radius 1 is 0.690 bits per heavy atom. The van der Waals surface area contributed by atoms with Gasteiger partial charge in [-0.3, -0.25) is 0 Å². The maximum absolute atomic E-state index is 9.75. The van der Waals surface area contributed by atoms with Gasteiger partial charge in [0.2, 0.25) is 0 Å². The highest BCUT2D eigenvalue weighted by molar-refractivity contribution is 4.64. The molecule has 0 bridgehead atoms. The average Bonchev–Trinajstić information content (AvgIpc) is 2.59. The summed E-state index contributed by atoms with van der Waals surface area (Å²) in [6, 6.07) is 0. The summed E-state index contributed by atoms with van der Waals surface area (Å²) in [5.41, 5.74) is 4.50. The fourth-order valence-corrected chi connectivity index (χ4v) is 1.74. The molecule has 0 rings (SSSR count). The van der Waals surface area contributed by atoms with E-state index in [1.165, 1.54) is 19.9 Å². The van der Waals surface area contributed by atoms with Crippen molar-refractivity contribution < 1.29 is 29.5 Å². The van der Waals surface area contributed by atoms with Crippen LogP contribution in [0.15, 0.2) is 0 Å². The van der Waals surface area contributed by atoms with Gasteiger partial charge in [-0.2, -0.15) is 0 Å². The maximum Gasteiger partial charge on any atom is 0.160 e. The van der Waals surface area contributed by atoms with Crippen LogP contribution >= 0.6 is 0 Å². The van der Waals surface area contributed by atoms with Gasteiger partial charge in [-0.05, 0) is 67.9 Å². The first kappa shape index (κ1) is 36.1. The summed E-state index contributed by atoms with van der Waals surface area (Å²) < 4.78 is 16.1. The Kier molecular flexibility index (Phi) is 26.1. The number of hydrogen-bond donors (Lipinski definition) is 4. The van der Waals surface area contributed by atoms with Gasteiger partial charge in [0.1, 0.15) is 0 Å². The van der Waals surface area contributed by atoms with E-state index in [4.69, 9.17) is 14.2 Å². The van der Waals surface area contributed by atoms with Crippen molar-refractivity contribution in [3.05, 3.63) is 0 Å². The van der Waals surface area contributed by atoms with E-state index in [1.54, 1.807) is 41.5 Å². The third-order valence-electron chi connectivity index (χ3n) is 2.98. The number of nitrogens with two attached hydrogens (primary N) is 1.